The van der Waals surface area contributed by atoms with E-state index in [9.17, 15) is 0 Å². The number of hydrogen-bond acceptors (Lipinski definition) is 2. The van der Waals surface area contributed by atoms with Crippen LogP contribution in [0.25, 0.3) is 0 Å². The zero-order valence-corrected chi connectivity index (χ0v) is 10.3. The van der Waals surface area contributed by atoms with Crippen molar-refractivity contribution in [3.8, 4) is 0 Å². The molecule has 0 N–H and O–H groups in total. The maximum Gasteiger partial charge on any atom is 0.0962 e. The summed E-state index contributed by atoms with van der Waals surface area (Å²) in [6.45, 7) is 0. The molecule has 0 bridgehead atoms. The van der Waals surface area contributed by atoms with Gasteiger partial charge >= 0.3 is 0 Å². The number of halogens is 1. The molecule has 1 aromatic rings. The molecular weight excluding hydrogens is 287 g/mol. The number of hydrogen-bond donors (Lipinski definition) is 0. The van der Waals surface area contributed by atoms with E-state index >= 15 is 0 Å². The van der Waals surface area contributed by atoms with Crippen LogP contribution in [0.4, 0.5) is 0 Å². The van der Waals surface area contributed by atoms with Crippen LogP contribution in [0, 0.1) is 0 Å². The van der Waals surface area contributed by atoms with E-state index < -0.39 is 0 Å². The van der Waals surface area contributed by atoms with E-state index in [2.05, 4.69) is 70.1 Å². The van der Waals surface area contributed by atoms with Gasteiger partial charge in [-0.05, 0) is 5.56 Å². The Kier molecular flexibility index (Phi) is 2.76. The van der Waals surface area contributed by atoms with Crippen LogP contribution in [0.15, 0.2) is 35.4 Å². The van der Waals surface area contributed by atoms with Gasteiger partial charge in [0.2, 0.25) is 0 Å². The molecule has 0 aliphatic carbocycles. The maximum absolute atomic E-state index is 4.34. The van der Waals surface area contributed by atoms with Crippen molar-refractivity contribution >= 4 is 28.8 Å². The third-order valence-electron chi connectivity index (χ3n) is 2.84. The van der Waals surface area contributed by atoms with Crippen LogP contribution in [0.5, 0.6) is 0 Å². The normalized spacial score (nSPS) is 25.7. The summed E-state index contributed by atoms with van der Waals surface area (Å²) in [5.41, 5.74) is 1.44. The average molecular weight is 300 g/mol. The van der Waals surface area contributed by atoms with Crippen LogP contribution in [0.2, 0.25) is 0 Å². The lowest BCUT2D eigenvalue weighted by Gasteiger charge is -2.34. The highest BCUT2D eigenvalue weighted by Crippen LogP contribution is 2.35. The van der Waals surface area contributed by atoms with Crippen molar-refractivity contribution in [3.05, 3.63) is 35.9 Å². The third-order valence-corrected chi connectivity index (χ3v) is 4.10. The minimum Gasteiger partial charge on any atom is -0.289 e. The highest BCUT2D eigenvalue weighted by atomic mass is 127. The summed E-state index contributed by atoms with van der Waals surface area (Å²) in [5, 5.41) is 6.42. The summed E-state index contributed by atoms with van der Waals surface area (Å²) in [6, 6.07) is 10.6. The van der Waals surface area contributed by atoms with Gasteiger partial charge in [-0.25, -0.2) is 0 Å². The molecular formula is C11H13IN2. The lowest BCUT2D eigenvalue weighted by Crippen LogP contribution is -2.38. The number of rotatable bonds is 2. The van der Waals surface area contributed by atoms with E-state index in [0.717, 1.165) is 10.8 Å². The second-order valence-electron chi connectivity index (χ2n) is 3.56. The molecule has 2 rings (SSSR count). The standard InChI is InChI=1S/C11H13IN2/c1-14-11(9-12,7-8-13-14)10-5-3-2-4-6-10/h2-6,8H,7,9H2,1H3. The lowest BCUT2D eigenvalue weighted by molar-refractivity contribution is 0.183. The number of alkyl halides is 1. The molecule has 0 fully saturated rings. The third kappa shape index (κ3) is 1.43. The fourth-order valence-electron chi connectivity index (χ4n) is 1.83. The molecule has 0 spiro atoms. The number of hydrazone groups is 1. The molecule has 0 amide bonds. The van der Waals surface area contributed by atoms with Crippen molar-refractivity contribution in [2.45, 2.75) is 12.0 Å². The summed E-state index contributed by atoms with van der Waals surface area (Å²) in [4.78, 5) is 0. The molecule has 74 valence electrons. The van der Waals surface area contributed by atoms with E-state index in [4.69, 9.17) is 0 Å². The smallest absolute Gasteiger partial charge is 0.0962 e. The van der Waals surface area contributed by atoms with Crippen LogP contribution in [0.3, 0.4) is 0 Å². The zero-order chi connectivity index (χ0) is 10.0. The Labute approximate surface area is 98.1 Å². The molecule has 3 heteroatoms. The van der Waals surface area contributed by atoms with Crippen molar-refractivity contribution < 1.29 is 0 Å². The predicted molar refractivity (Wildman–Crippen MR) is 67.9 cm³/mol. The van der Waals surface area contributed by atoms with Crippen LogP contribution >= 0.6 is 22.6 Å². The Balaban J connectivity index is 2.39. The van der Waals surface area contributed by atoms with E-state index in [1.807, 2.05) is 6.21 Å². The van der Waals surface area contributed by atoms with Crippen molar-refractivity contribution in [2.24, 2.45) is 5.10 Å². The number of nitrogens with zero attached hydrogens (tertiary/aromatic N) is 2. The molecule has 2 nitrogen and oxygen atoms in total. The van der Waals surface area contributed by atoms with E-state index in [1.165, 1.54) is 5.56 Å². The molecule has 14 heavy (non-hydrogen) atoms. The van der Waals surface area contributed by atoms with Crippen molar-refractivity contribution in [3.63, 3.8) is 0 Å². The summed E-state index contributed by atoms with van der Waals surface area (Å²) < 4.78 is 1.06. The molecule has 1 heterocycles. The molecule has 1 aromatic carbocycles. The molecule has 1 atom stereocenters. The lowest BCUT2D eigenvalue weighted by atomic mass is 9.90. The molecule has 1 aliphatic rings. The quantitative estimate of drug-likeness (QED) is 0.605. The molecule has 1 aliphatic heterocycles. The van der Waals surface area contributed by atoms with Gasteiger partial charge in [0.25, 0.3) is 0 Å². The van der Waals surface area contributed by atoms with Gasteiger partial charge in [-0.1, -0.05) is 52.9 Å². The van der Waals surface area contributed by atoms with Gasteiger partial charge in [-0.3, -0.25) is 5.01 Å². The first-order valence-electron chi connectivity index (χ1n) is 4.67. The average Bonchev–Trinajstić information content (AvgIpc) is 2.62. The van der Waals surface area contributed by atoms with Gasteiger partial charge in [0.05, 0.1) is 5.54 Å². The minimum atomic E-state index is 0.0851. The fourth-order valence-corrected chi connectivity index (χ4v) is 3.07. The predicted octanol–water partition coefficient (Wildman–Crippen LogP) is 2.64. The second kappa shape index (κ2) is 3.88. The van der Waals surface area contributed by atoms with E-state index in [0.29, 0.717) is 0 Å². The SMILES string of the molecule is CN1N=CCC1(CI)c1ccccc1. The van der Waals surface area contributed by atoms with Crippen molar-refractivity contribution in [1.29, 1.82) is 0 Å². The topological polar surface area (TPSA) is 15.6 Å². The van der Waals surface area contributed by atoms with Gasteiger partial charge in [0.1, 0.15) is 0 Å². The fraction of sp³-hybridized carbons (Fsp3) is 0.364. The van der Waals surface area contributed by atoms with Crippen LogP contribution in [-0.2, 0) is 5.54 Å². The molecule has 0 aromatic heterocycles. The Hall–Kier alpha value is -0.580. The Morgan fingerprint density at radius 2 is 2.14 bits per heavy atom. The summed E-state index contributed by atoms with van der Waals surface area (Å²) in [5.74, 6) is 0. The Morgan fingerprint density at radius 3 is 2.64 bits per heavy atom. The van der Waals surface area contributed by atoms with Gasteiger partial charge in [-0.15, -0.1) is 0 Å². The van der Waals surface area contributed by atoms with E-state index in [1.54, 1.807) is 0 Å². The van der Waals surface area contributed by atoms with E-state index in [-0.39, 0.29) is 5.54 Å². The van der Waals surface area contributed by atoms with Crippen molar-refractivity contribution in [1.82, 2.24) is 5.01 Å². The van der Waals surface area contributed by atoms with Crippen LogP contribution < -0.4 is 0 Å². The largest absolute Gasteiger partial charge is 0.289 e. The Morgan fingerprint density at radius 1 is 1.43 bits per heavy atom. The summed E-state index contributed by atoms with van der Waals surface area (Å²) in [6.07, 6.45) is 3.02. The highest BCUT2D eigenvalue weighted by Gasteiger charge is 2.37. The number of benzene rings is 1. The van der Waals surface area contributed by atoms with Gasteiger partial charge in [0.15, 0.2) is 0 Å². The van der Waals surface area contributed by atoms with Crippen LogP contribution in [0.1, 0.15) is 12.0 Å². The molecule has 0 saturated heterocycles. The van der Waals surface area contributed by atoms with Crippen LogP contribution in [-0.4, -0.2) is 22.7 Å². The first kappa shape index (κ1) is 9.96. The van der Waals surface area contributed by atoms with Gasteiger partial charge < -0.3 is 0 Å². The van der Waals surface area contributed by atoms with Gasteiger partial charge in [0, 0.05) is 24.1 Å². The van der Waals surface area contributed by atoms with Gasteiger partial charge in [-0.2, -0.15) is 5.10 Å². The monoisotopic (exact) mass is 300 g/mol. The van der Waals surface area contributed by atoms with Crippen molar-refractivity contribution in [2.75, 3.05) is 11.5 Å². The summed E-state index contributed by atoms with van der Waals surface area (Å²) in [7, 11) is 2.05. The first-order valence-corrected chi connectivity index (χ1v) is 6.20. The summed E-state index contributed by atoms with van der Waals surface area (Å²) >= 11 is 2.44. The molecule has 0 radical (unpaired) electrons. The maximum atomic E-state index is 4.34. The second-order valence-corrected chi connectivity index (χ2v) is 4.32. The zero-order valence-electron chi connectivity index (χ0n) is 8.15. The first-order chi connectivity index (χ1) is 6.79. The minimum absolute atomic E-state index is 0.0851. The Bertz CT molecular complexity index is 336. The molecule has 1 unspecified atom stereocenters. The molecule has 0 saturated carbocycles. The highest BCUT2D eigenvalue weighted by molar-refractivity contribution is 14.1.